The van der Waals surface area contributed by atoms with E-state index in [1.807, 2.05) is 29.1 Å². The number of ether oxygens (including phenoxy) is 1. The zero-order valence-corrected chi connectivity index (χ0v) is 32.4. The summed E-state index contributed by atoms with van der Waals surface area (Å²) in [4.78, 5) is 4.80. The number of pyridine rings is 1. The van der Waals surface area contributed by atoms with Gasteiger partial charge in [-0.3, -0.25) is 4.68 Å². The minimum Gasteiger partial charge on any atom is -0.509 e. The van der Waals surface area contributed by atoms with Crippen molar-refractivity contribution in [1.29, 1.82) is 0 Å². The van der Waals surface area contributed by atoms with Gasteiger partial charge in [-0.05, 0) is 78.1 Å². The van der Waals surface area contributed by atoms with Gasteiger partial charge in [0.05, 0.1) is 5.69 Å². The van der Waals surface area contributed by atoms with Crippen molar-refractivity contribution >= 4 is 21.8 Å². The number of hydrogen-bond donors (Lipinski definition) is 0. The van der Waals surface area contributed by atoms with E-state index in [2.05, 4.69) is 139 Å². The Morgan fingerprint density at radius 3 is 2.34 bits per heavy atom. The van der Waals surface area contributed by atoms with Crippen LogP contribution in [0.4, 0.5) is 0 Å². The molecule has 3 aromatic heterocycles. The monoisotopic (exact) mass is 839 g/mol. The Morgan fingerprint density at radius 1 is 0.840 bits per heavy atom. The molecule has 1 atom stereocenters. The van der Waals surface area contributed by atoms with Crippen LogP contribution in [-0.2, 0) is 27.5 Å². The Morgan fingerprint density at radius 2 is 1.62 bits per heavy atom. The zero-order valence-electron chi connectivity index (χ0n) is 30.2. The molecule has 0 amide bonds. The van der Waals surface area contributed by atoms with Gasteiger partial charge in [0.15, 0.2) is 0 Å². The molecule has 0 saturated carbocycles. The molecule has 256 valence electrons. The first kappa shape index (κ1) is 35.4. The fourth-order valence-electron chi connectivity index (χ4n) is 6.86. The first-order chi connectivity index (χ1) is 23.5. The Balaban J connectivity index is 0.00000432. The molecule has 0 saturated heterocycles. The maximum absolute atomic E-state index is 6.63. The Kier molecular flexibility index (Phi) is 9.93. The third kappa shape index (κ3) is 6.68. The van der Waals surface area contributed by atoms with E-state index < -0.39 is 0 Å². The van der Waals surface area contributed by atoms with Crippen LogP contribution in [0.5, 0.6) is 11.5 Å². The minimum absolute atomic E-state index is 0. The van der Waals surface area contributed by atoms with Crippen LogP contribution in [0.25, 0.3) is 44.4 Å². The van der Waals surface area contributed by atoms with E-state index >= 15 is 0 Å². The first-order valence-corrected chi connectivity index (χ1v) is 17.3. The summed E-state index contributed by atoms with van der Waals surface area (Å²) in [6.45, 7) is 17.7. The molecule has 4 aromatic carbocycles. The van der Waals surface area contributed by atoms with Gasteiger partial charge in [0.1, 0.15) is 5.82 Å². The minimum atomic E-state index is 0. The normalized spacial score (nSPS) is 12.3. The number of fused-ring (bicyclic) bond motifs is 3. The number of aryl methyl sites for hydroxylation is 3. The zero-order chi connectivity index (χ0) is 34.4. The second-order valence-electron chi connectivity index (χ2n) is 14.4. The molecule has 0 bridgehead atoms. The summed E-state index contributed by atoms with van der Waals surface area (Å²) in [5, 5.41) is 7.28. The number of hydrogen-bond acceptors (Lipinski definition) is 3. The van der Waals surface area contributed by atoms with Crippen LogP contribution in [0.1, 0.15) is 75.0 Å². The van der Waals surface area contributed by atoms with E-state index in [-0.39, 0.29) is 26.5 Å². The van der Waals surface area contributed by atoms with E-state index in [0.717, 1.165) is 68.8 Å². The summed E-state index contributed by atoms with van der Waals surface area (Å²) in [5.74, 6) is 2.53. The SMILES string of the molecule is CCCc1cc(Oc2[c-]c3c(cc2)c2cc(C(C)C(C)(C)C)ccc2n3-c2cc(C)ccn2)[c-]c(-n2nc(C)c(-c3ccccc3)c2C)c1.[Pt+2]. The summed E-state index contributed by atoms with van der Waals surface area (Å²) in [6, 6.07) is 37.1. The first-order valence-electron chi connectivity index (χ1n) is 17.3. The number of rotatable bonds is 8. The maximum Gasteiger partial charge on any atom is 2.00 e. The van der Waals surface area contributed by atoms with E-state index in [0.29, 0.717) is 17.4 Å². The quantitative estimate of drug-likeness (QED) is 0.143. The van der Waals surface area contributed by atoms with Gasteiger partial charge in [-0.1, -0.05) is 95.4 Å². The van der Waals surface area contributed by atoms with Gasteiger partial charge in [0.25, 0.3) is 0 Å². The van der Waals surface area contributed by atoms with Crippen molar-refractivity contribution in [2.24, 2.45) is 5.41 Å². The van der Waals surface area contributed by atoms with Crippen molar-refractivity contribution in [3.05, 3.63) is 131 Å². The summed E-state index contributed by atoms with van der Waals surface area (Å²) in [5.41, 5.74) is 11.1. The number of nitrogens with zero attached hydrogens (tertiary/aromatic N) is 4. The Labute approximate surface area is 310 Å². The van der Waals surface area contributed by atoms with Crippen molar-refractivity contribution in [3.63, 3.8) is 0 Å². The van der Waals surface area contributed by atoms with Crippen molar-refractivity contribution in [3.8, 4) is 34.1 Å². The molecule has 0 aliphatic heterocycles. The maximum atomic E-state index is 6.63. The Hall–Kier alpha value is -4.47. The van der Waals surface area contributed by atoms with Crippen molar-refractivity contribution in [1.82, 2.24) is 19.3 Å². The fourth-order valence-corrected chi connectivity index (χ4v) is 6.86. The van der Waals surface area contributed by atoms with Gasteiger partial charge >= 0.3 is 21.1 Å². The predicted molar refractivity (Wildman–Crippen MR) is 201 cm³/mol. The van der Waals surface area contributed by atoms with Gasteiger partial charge < -0.3 is 9.30 Å². The van der Waals surface area contributed by atoms with Crippen LogP contribution in [-0.4, -0.2) is 19.3 Å². The van der Waals surface area contributed by atoms with Gasteiger partial charge in [-0.15, -0.1) is 35.7 Å². The van der Waals surface area contributed by atoms with E-state index in [9.17, 15) is 0 Å². The van der Waals surface area contributed by atoms with Crippen molar-refractivity contribution in [2.45, 2.75) is 74.1 Å². The summed E-state index contributed by atoms with van der Waals surface area (Å²) in [6.07, 6.45) is 3.82. The van der Waals surface area contributed by atoms with Crippen LogP contribution in [0.15, 0.2) is 91.1 Å². The number of benzene rings is 4. The predicted octanol–water partition coefficient (Wildman–Crippen LogP) is 11.4. The molecule has 0 radical (unpaired) electrons. The third-order valence-corrected chi connectivity index (χ3v) is 9.83. The molecule has 6 heteroatoms. The Bertz CT molecular complexity index is 2310. The standard InChI is InChI=1S/C44H44N4O.Pt/c1-9-13-32-23-35(48-31(5)43(30(4)46-48)33-14-11-10-12-15-33)26-37(24-32)49-36-17-18-38-39-25-34(29(3)44(6,7)8)16-19-40(39)47(41(38)27-36)42-22-28(2)20-21-45-42;/h10-12,14-25,29H,9,13H2,1-8H3;/q-2;+2. The molecule has 7 aromatic rings. The summed E-state index contributed by atoms with van der Waals surface area (Å²) < 4.78 is 10.8. The average molecular weight is 840 g/mol. The molecule has 5 nitrogen and oxygen atoms in total. The molecule has 50 heavy (non-hydrogen) atoms. The molecule has 0 N–H and O–H groups in total. The smallest absolute Gasteiger partial charge is 0.509 e. The molecule has 3 heterocycles. The summed E-state index contributed by atoms with van der Waals surface area (Å²) in [7, 11) is 0. The van der Waals surface area contributed by atoms with Gasteiger partial charge in [-0.2, -0.15) is 16.7 Å². The summed E-state index contributed by atoms with van der Waals surface area (Å²) >= 11 is 0. The van der Waals surface area contributed by atoms with Gasteiger partial charge in [-0.25, -0.2) is 4.98 Å². The van der Waals surface area contributed by atoms with Crippen LogP contribution < -0.4 is 4.74 Å². The van der Waals surface area contributed by atoms with E-state index in [1.54, 1.807) is 0 Å². The van der Waals surface area contributed by atoms with Gasteiger partial charge in [0.2, 0.25) is 0 Å². The molecule has 1 unspecified atom stereocenters. The molecule has 0 aliphatic carbocycles. The second-order valence-corrected chi connectivity index (χ2v) is 14.4. The van der Waals surface area contributed by atoms with Crippen LogP contribution >= 0.6 is 0 Å². The largest absolute Gasteiger partial charge is 2.00 e. The van der Waals surface area contributed by atoms with Crippen molar-refractivity contribution < 1.29 is 25.8 Å². The number of aromatic nitrogens is 4. The molecular weight excluding hydrogens is 796 g/mol. The topological polar surface area (TPSA) is 44.9 Å². The van der Waals surface area contributed by atoms with Gasteiger partial charge in [0, 0.05) is 34.5 Å². The molecule has 0 fully saturated rings. The fraction of sp³-hybridized carbons (Fsp3) is 0.273. The van der Waals surface area contributed by atoms with Crippen molar-refractivity contribution in [2.75, 3.05) is 0 Å². The van der Waals surface area contributed by atoms with Crippen LogP contribution in [0, 0.1) is 38.3 Å². The molecule has 0 aliphatic rings. The average Bonchev–Trinajstić information content (AvgIpc) is 3.56. The van der Waals surface area contributed by atoms with Crippen LogP contribution in [0.3, 0.4) is 0 Å². The van der Waals surface area contributed by atoms with E-state index in [1.165, 1.54) is 16.5 Å². The third-order valence-electron chi connectivity index (χ3n) is 9.83. The van der Waals surface area contributed by atoms with Crippen LogP contribution in [0.2, 0.25) is 0 Å². The molecular formula is C44H44N4OPt. The molecule has 7 rings (SSSR count). The van der Waals surface area contributed by atoms with E-state index in [4.69, 9.17) is 14.8 Å². The molecule has 0 spiro atoms. The second kappa shape index (κ2) is 14.0.